The predicted octanol–water partition coefficient (Wildman–Crippen LogP) is 3.34. The number of hydrogen-bond donors (Lipinski definition) is 2. The van der Waals surface area contributed by atoms with Crippen LogP contribution in [0.4, 0.5) is 0 Å². The topological polar surface area (TPSA) is 54.0 Å². The van der Waals surface area contributed by atoms with E-state index in [4.69, 9.17) is 9.47 Å². The minimum atomic E-state index is -0.525. The zero-order valence-corrected chi connectivity index (χ0v) is 17.8. The SMILES string of the molecule is COc1ccc([C@H](CNC[C@@H](O)CO[C@@H]2CCCc3ccccc32)N(C)C)cc1. The Morgan fingerprint density at radius 3 is 2.59 bits per heavy atom. The maximum Gasteiger partial charge on any atom is 0.118 e. The number of hydrogen-bond acceptors (Lipinski definition) is 5. The van der Waals surface area contributed by atoms with Gasteiger partial charge in [-0.1, -0.05) is 36.4 Å². The summed E-state index contributed by atoms with van der Waals surface area (Å²) in [5.41, 5.74) is 3.88. The Hall–Kier alpha value is -1.92. The van der Waals surface area contributed by atoms with Crippen molar-refractivity contribution in [1.29, 1.82) is 0 Å². The molecule has 1 aliphatic carbocycles. The molecule has 0 aliphatic heterocycles. The summed E-state index contributed by atoms with van der Waals surface area (Å²) in [6, 6.07) is 16.9. The van der Waals surface area contributed by atoms with Gasteiger partial charge in [0.05, 0.1) is 25.9 Å². The first kappa shape index (κ1) is 21.8. The van der Waals surface area contributed by atoms with Gasteiger partial charge < -0.3 is 24.8 Å². The number of nitrogens with one attached hydrogen (secondary N) is 1. The van der Waals surface area contributed by atoms with Gasteiger partial charge in [0, 0.05) is 19.1 Å². The molecule has 1 aliphatic rings. The van der Waals surface area contributed by atoms with Crippen molar-refractivity contribution in [3.8, 4) is 5.75 Å². The smallest absolute Gasteiger partial charge is 0.118 e. The van der Waals surface area contributed by atoms with Gasteiger partial charge >= 0.3 is 0 Å². The van der Waals surface area contributed by atoms with Crippen molar-refractivity contribution in [2.75, 3.05) is 40.9 Å². The van der Waals surface area contributed by atoms with Gasteiger partial charge in [0.25, 0.3) is 0 Å². The van der Waals surface area contributed by atoms with E-state index in [-0.39, 0.29) is 12.1 Å². The Balaban J connectivity index is 1.45. The van der Waals surface area contributed by atoms with E-state index in [0.29, 0.717) is 13.2 Å². The zero-order valence-electron chi connectivity index (χ0n) is 17.8. The average molecular weight is 399 g/mol. The van der Waals surface area contributed by atoms with Gasteiger partial charge in [0.1, 0.15) is 5.75 Å². The van der Waals surface area contributed by atoms with Crippen molar-refractivity contribution in [3.63, 3.8) is 0 Å². The molecule has 0 fully saturated rings. The highest BCUT2D eigenvalue weighted by Gasteiger charge is 2.21. The molecule has 158 valence electrons. The molecule has 0 bridgehead atoms. The first-order chi connectivity index (χ1) is 14.1. The lowest BCUT2D eigenvalue weighted by Gasteiger charge is -2.28. The molecule has 0 saturated carbocycles. The molecule has 0 spiro atoms. The predicted molar refractivity (Wildman–Crippen MR) is 116 cm³/mol. The van der Waals surface area contributed by atoms with Crippen LogP contribution in [0.15, 0.2) is 48.5 Å². The first-order valence-electron chi connectivity index (χ1n) is 10.5. The number of aliphatic hydroxyl groups is 1. The Morgan fingerprint density at radius 2 is 1.86 bits per heavy atom. The van der Waals surface area contributed by atoms with Crippen LogP contribution in [0.5, 0.6) is 5.75 Å². The average Bonchev–Trinajstić information content (AvgIpc) is 2.75. The van der Waals surface area contributed by atoms with E-state index in [1.165, 1.54) is 16.7 Å². The molecule has 0 unspecified atom stereocenters. The fourth-order valence-electron chi connectivity index (χ4n) is 3.98. The molecule has 3 rings (SSSR count). The minimum Gasteiger partial charge on any atom is -0.497 e. The normalized spacial score (nSPS) is 18.3. The van der Waals surface area contributed by atoms with Crippen LogP contribution in [-0.4, -0.2) is 57.0 Å². The van der Waals surface area contributed by atoms with Crippen molar-refractivity contribution >= 4 is 0 Å². The van der Waals surface area contributed by atoms with E-state index in [9.17, 15) is 5.11 Å². The monoisotopic (exact) mass is 398 g/mol. The Bertz CT molecular complexity index is 748. The van der Waals surface area contributed by atoms with Crippen molar-refractivity contribution in [2.45, 2.75) is 37.5 Å². The summed E-state index contributed by atoms with van der Waals surface area (Å²) >= 11 is 0. The summed E-state index contributed by atoms with van der Waals surface area (Å²) in [6.07, 6.45) is 2.86. The number of aliphatic hydroxyl groups excluding tert-OH is 1. The van der Waals surface area contributed by atoms with Gasteiger partial charge in [-0.15, -0.1) is 0 Å². The highest BCUT2D eigenvalue weighted by atomic mass is 16.5. The molecule has 2 aromatic carbocycles. The van der Waals surface area contributed by atoms with E-state index in [0.717, 1.165) is 31.6 Å². The molecule has 0 amide bonds. The molecule has 0 radical (unpaired) electrons. The van der Waals surface area contributed by atoms with Crippen molar-refractivity contribution in [1.82, 2.24) is 10.2 Å². The summed E-state index contributed by atoms with van der Waals surface area (Å²) in [6.45, 7) is 1.61. The molecule has 5 nitrogen and oxygen atoms in total. The van der Waals surface area contributed by atoms with Crippen LogP contribution in [0, 0.1) is 0 Å². The van der Waals surface area contributed by atoms with E-state index >= 15 is 0 Å². The summed E-state index contributed by atoms with van der Waals surface area (Å²) < 4.78 is 11.3. The van der Waals surface area contributed by atoms with Crippen LogP contribution in [-0.2, 0) is 11.2 Å². The highest BCUT2D eigenvalue weighted by molar-refractivity contribution is 5.31. The lowest BCUT2D eigenvalue weighted by molar-refractivity contribution is -0.0169. The number of nitrogens with zero attached hydrogens (tertiary/aromatic N) is 1. The maximum atomic E-state index is 10.4. The molecule has 2 N–H and O–H groups in total. The number of likely N-dealkylation sites (N-methyl/N-ethyl adjacent to an activating group) is 1. The third-order valence-electron chi connectivity index (χ3n) is 5.65. The van der Waals surface area contributed by atoms with Crippen molar-refractivity contribution in [3.05, 3.63) is 65.2 Å². The van der Waals surface area contributed by atoms with Gasteiger partial charge in [-0.2, -0.15) is 0 Å². The number of benzene rings is 2. The van der Waals surface area contributed by atoms with E-state index in [1.54, 1.807) is 7.11 Å². The lowest BCUT2D eigenvalue weighted by Crippen LogP contribution is -2.37. The molecule has 0 saturated heterocycles. The molecular formula is C24H34N2O3. The molecule has 5 heteroatoms. The molecule has 3 atom stereocenters. The molecule has 0 aromatic heterocycles. The van der Waals surface area contributed by atoms with Crippen LogP contribution in [0.25, 0.3) is 0 Å². The van der Waals surface area contributed by atoms with Gasteiger partial charge in [0.15, 0.2) is 0 Å². The second-order valence-electron chi connectivity index (χ2n) is 7.98. The number of methoxy groups -OCH3 is 1. The number of aryl methyl sites for hydroxylation is 1. The van der Waals surface area contributed by atoms with Crippen LogP contribution >= 0.6 is 0 Å². The molecule has 29 heavy (non-hydrogen) atoms. The Morgan fingerprint density at radius 1 is 1.10 bits per heavy atom. The lowest BCUT2D eigenvalue weighted by atomic mass is 9.89. The highest BCUT2D eigenvalue weighted by Crippen LogP contribution is 2.32. The van der Waals surface area contributed by atoms with Crippen LogP contribution < -0.4 is 10.1 Å². The van der Waals surface area contributed by atoms with Gasteiger partial charge in [-0.05, 0) is 62.2 Å². The number of fused-ring (bicyclic) bond motifs is 1. The number of ether oxygens (including phenoxy) is 2. The van der Waals surface area contributed by atoms with Gasteiger partial charge in [0.2, 0.25) is 0 Å². The quantitative estimate of drug-likeness (QED) is 0.643. The largest absolute Gasteiger partial charge is 0.497 e. The third kappa shape index (κ3) is 6.03. The minimum absolute atomic E-state index is 0.100. The summed E-state index contributed by atoms with van der Waals surface area (Å²) in [5, 5.41) is 13.8. The Kier molecular flexibility index (Phi) is 8.07. The van der Waals surface area contributed by atoms with Gasteiger partial charge in [-0.3, -0.25) is 0 Å². The van der Waals surface area contributed by atoms with Crippen molar-refractivity contribution in [2.24, 2.45) is 0 Å². The maximum absolute atomic E-state index is 10.4. The van der Waals surface area contributed by atoms with Crippen LogP contribution in [0.1, 0.15) is 41.7 Å². The summed E-state index contributed by atoms with van der Waals surface area (Å²) in [5.74, 6) is 0.857. The van der Waals surface area contributed by atoms with E-state index < -0.39 is 6.10 Å². The standard InChI is InChI=1S/C24H34N2O3/c1-26(2)23(19-11-13-21(28-3)14-12-19)16-25-15-20(27)17-29-24-10-6-8-18-7-4-5-9-22(18)24/h4-5,7,9,11-14,20,23-25,27H,6,8,10,15-17H2,1-3H3/t20-,23+,24-/m1/s1. The fraction of sp³-hybridized carbons (Fsp3) is 0.500. The van der Waals surface area contributed by atoms with E-state index in [2.05, 4.69) is 60.7 Å². The first-order valence-corrected chi connectivity index (χ1v) is 10.5. The van der Waals surface area contributed by atoms with E-state index in [1.807, 2.05) is 12.1 Å². The second-order valence-corrected chi connectivity index (χ2v) is 7.98. The molecular weight excluding hydrogens is 364 g/mol. The Labute approximate surface area is 174 Å². The van der Waals surface area contributed by atoms with Crippen LogP contribution in [0.3, 0.4) is 0 Å². The molecule has 0 heterocycles. The summed E-state index contributed by atoms with van der Waals surface area (Å²) in [7, 11) is 5.81. The number of rotatable bonds is 10. The van der Waals surface area contributed by atoms with Crippen molar-refractivity contribution < 1.29 is 14.6 Å². The fourth-order valence-corrected chi connectivity index (χ4v) is 3.98. The van der Waals surface area contributed by atoms with Gasteiger partial charge in [-0.25, -0.2) is 0 Å². The zero-order chi connectivity index (χ0) is 20.6. The molecule has 2 aromatic rings. The third-order valence-corrected chi connectivity index (χ3v) is 5.65. The van der Waals surface area contributed by atoms with Crippen LogP contribution in [0.2, 0.25) is 0 Å². The second kappa shape index (κ2) is 10.7. The summed E-state index contributed by atoms with van der Waals surface area (Å²) in [4.78, 5) is 2.18.